The second-order valence-electron chi connectivity index (χ2n) is 6.98. The Morgan fingerprint density at radius 1 is 1.04 bits per heavy atom. The molecule has 4 nitrogen and oxygen atoms in total. The summed E-state index contributed by atoms with van der Waals surface area (Å²) in [6.45, 7) is 10.0. The Balaban J connectivity index is 2.69. The lowest BCUT2D eigenvalue weighted by molar-refractivity contribution is -0.124. The maximum Gasteiger partial charge on any atom is 0.224 e. The third kappa shape index (κ3) is 7.26. The van der Waals surface area contributed by atoms with Gasteiger partial charge in [0.1, 0.15) is 0 Å². The van der Waals surface area contributed by atoms with Crippen LogP contribution in [0.3, 0.4) is 0 Å². The maximum atomic E-state index is 12.4. The highest BCUT2D eigenvalue weighted by molar-refractivity contribution is 5.90. The molecule has 0 bridgehead atoms. The summed E-state index contributed by atoms with van der Waals surface area (Å²) in [6, 6.07) is 7.87. The molecule has 1 amide bonds. The molecule has 0 aromatic heterocycles. The van der Waals surface area contributed by atoms with Gasteiger partial charge in [0.25, 0.3) is 0 Å². The van der Waals surface area contributed by atoms with Gasteiger partial charge in [0.05, 0.1) is 6.04 Å². The van der Waals surface area contributed by atoms with Crippen molar-refractivity contribution in [1.82, 2.24) is 5.32 Å². The number of benzene rings is 1. The zero-order valence-electron chi connectivity index (χ0n) is 15.7. The predicted molar refractivity (Wildman–Crippen MR) is 100 cm³/mol. The third-order valence-corrected chi connectivity index (χ3v) is 3.88. The van der Waals surface area contributed by atoms with Crippen LogP contribution in [0.1, 0.15) is 59.4 Å². The van der Waals surface area contributed by atoms with Crippen molar-refractivity contribution in [1.29, 1.82) is 0 Å². The van der Waals surface area contributed by atoms with E-state index in [0.29, 0.717) is 12.8 Å². The lowest BCUT2D eigenvalue weighted by Gasteiger charge is -2.22. The first-order chi connectivity index (χ1) is 11.3. The summed E-state index contributed by atoms with van der Waals surface area (Å²) < 4.78 is 0. The molecule has 2 N–H and O–H groups in total. The van der Waals surface area contributed by atoms with E-state index in [1.54, 1.807) is 0 Å². The second-order valence-corrected chi connectivity index (χ2v) is 6.98. The van der Waals surface area contributed by atoms with Gasteiger partial charge in [-0.1, -0.05) is 53.2 Å². The number of carbonyl (C=O) groups is 2. The standard InChI is InChI=1S/C20H32N2O2/c1-6-7-8-19(23)22-17-11-9-16(10-12-17)13-18(21-15(4)5)20(24)14(2)3/h9-12,14-15,18,21H,6-8,13H2,1-5H3,(H,22,23)/t18-/m0/s1. The van der Waals surface area contributed by atoms with E-state index in [1.807, 2.05) is 38.1 Å². The van der Waals surface area contributed by atoms with Crippen LogP contribution in [-0.2, 0) is 16.0 Å². The monoisotopic (exact) mass is 332 g/mol. The van der Waals surface area contributed by atoms with Crippen LogP contribution in [0, 0.1) is 5.92 Å². The Hall–Kier alpha value is -1.68. The average molecular weight is 332 g/mol. The van der Waals surface area contributed by atoms with Crippen LogP contribution in [0.25, 0.3) is 0 Å². The van der Waals surface area contributed by atoms with Gasteiger partial charge in [-0.3, -0.25) is 9.59 Å². The van der Waals surface area contributed by atoms with E-state index in [2.05, 4.69) is 31.4 Å². The normalized spacial score (nSPS) is 12.5. The van der Waals surface area contributed by atoms with Crippen molar-refractivity contribution in [3.05, 3.63) is 29.8 Å². The lowest BCUT2D eigenvalue weighted by atomic mass is 9.95. The van der Waals surface area contributed by atoms with Gasteiger partial charge in [-0.25, -0.2) is 0 Å². The summed E-state index contributed by atoms with van der Waals surface area (Å²) in [6.07, 6.45) is 3.14. The van der Waals surface area contributed by atoms with Crippen LogP contribution in [-0.4, -0.2) is 23.8 Å². The van der Waals surface area contributed by atoms with Crippen LogP contribution < -0.4 is 10.6 Å². The summed E-state index contributed by atoms with van der Waals surface area (Å²) in [4.78, 5) is 24.1. The predicted octanol–water partition coefficient (Wildman–Crippen LogP) is 3.95. The Morgan fingerprint density at radius 3 is 2.17 bits per heavy atom. The number of unbranched alkanes of at least 4 members (excludes halogenated alkanes) is 1. The van der Waals surface area contributed by atoms with Gasteiger partial charge < -0.3 is 10.6 Å². The van der Waals surface area contributed by atoms with Crippen LogP contribution in [0.4, 0.5) is 5.69 Å². The molecule has 134 valence electrons. The molecule has 1 rings (SSSR count). The average Bonchev–Trinajstić information content (AvgIpc) is 2.52. The minimum Gasteiger partial charge on any atom is -0.326 e. The van der Waals surface area contributed by atoms with Gasteiger partial charge in [-0.15, -0.1) is 0 Å². The summed E-state index contributed by atoms with van der Waals surface area (Å²) >= 11 is 0. The van der Waals surface area contributed by atoms with E-state index in [1.165, 1.54) is 0 Å². The number of nitrogens with one attached hydrogen (secondary N) is 2. The minimum atomic E-state index is -0.171. The molecule has 24 heavy (non-hydrogen) atoms. The number of ketones is 1. The van der Waals surface area contributed by atoms with Gasteiger partial charge in [-0.05, 0) is 30.5 Å². The Bertz CT molecular complexity index is 521. The molecule has 1 atom stereocenters. The summed E-state index contributed by atoms with van der Waals surface area (Å²) in [5.74, 6) is 0.304. The molecule has 0 unspecified atom stereocenters. The fourth-order valence-electron chi connectivity index (χ4n) is 2.57. The first kappa shape index (κ1) is 20.4. The third-order valence-electron chi connectivity index (χ3n) is 3.88. The van der Waals surface area contributed by atoms with Gasteiger partial charge in [0, 0.05) is 24.1 Å². The van der Waals surface area contributed by atoms with E-state index in [-0.39, 0.29) is 29.7 Å². The molecular formula is C20H32N2O2. The van der Waals surface area contributed by atoms with Crippen molar-refractivity contribution in [2.45, 2.75) is 72.4 Å². The molecule has 4 heteroatoms. The van der Waals surface area contributed by atoms with E-state index < -0.39 is 0 Å². The highest BCUT2D eigenvalue weighted by atomic mass is 16.1. The molecule has 0 radical (unpaired) electrons. The molecule has 0 heterocycles. The quantitative estimate of drug-likeness (QED) is 0.682. The molecule has 1 aromatic rings. The molecule has 0 fully saturated rings. The summed E-state index contributed by atoms with van der Waals surface area (Å²) in [5, 5.41) is 6.27. The van der Waals surface area contributed by atoms with E-state index in [0.717, 1.165) is 24.1 Å². The zero-order valence-corrected chi connectivity index (χ0v) is 15.7. The van der Waals surface area contributed by atoms with Crippen molar-refractivity contribution >= 4 is 17.4 Å². The fraction of sp³-hybridized carbons (Fsp3) is 0.600. The number of carbonyl (C=O) groups excluding carboxylic acids is 2. The Kier molecular flexibility index (Phi) is 8.69. The van der Waals surface area contributed by atoms with E-state index in [9.17, 15) is 9.59 Å². The number of anilines is 1. The topological polar surface area (TPSA) is 58.2 Å². The Labute approximate surface area is 146 Å². The fourth-order valence-corrected chi connectivity index (χ4v) is 2.57. The first-order valence-electron chi connectivity index (χ1n) is 9.02. The molecule has 1 aromatic carbocycles. The molecule has 0 saturated heterocycles. The highest BCUT2D eigenvalue weighted by Gasteiger charge is 2.22. The Morgan fingerprint density at radius 2 is 1.67 bits per heavy atom. The number of amides is 1. The lowest BCUT2D eigenvalue weighted by Crippen LogP contribution is -2.44. The maximum absolute atomic E-state index is 12.4. The zero-order chi connectivity index (χ0) is 18.1. The van der Waals surface area contributed by atoms with Gasteiger partial charge in [-0.2, -0.15) is 0 Å². The number of hydrogen-bond donors (Lipinski definition) is 2. The van der Waals surface area contributed by atoms with Crippen molar-refractivity contribution < 1.29 is 9.59 Å². The van der Waals surface area contributed by atoms with Crippen LogP contribution in [0.5, 0.6) is 0 Å². The SMILES string of the molecule is CCCCC(=O)Nc1ccc(C[C@H](NC(C)C)C(=O)C(C)C)cc1. The second kappa shape index (κ2) is 10.2. The van der Waals surface area contributed by atoms with Crippen molar-refractivity contribution in [3.63, 3.8) is 0 Å². The van der Waals surface area contributed by atoms with Crippen LogP contribution >= 0.6 is 0 Å². The smallest absolute Gasteiger partial charge is 0.224 e. The largest absolute Gasteiger partial charge is 0.326 e. The van der Waals surface area contributed by atoms with Gasteiger partial charge in [0.15, 0.2) is 5.78 Å². The van der Waals surface area contributed by atoms with Crippen molar-refractivity contribution in [3.8, 4) is 0 Å². The highest BCUT2D eigenvalue weighted by Crippen LogP contribution is 2.14. The van der Waals surface area contributed by atoms with Crippen molar-refractivity contribution in [2.75, 3.05) is 5.32 Å². The summed E-state index contributed by atoms with van der Waals surface area (Å²) in [5.41, 5.74) is 1.90. The van der Waals surface area contributed by atoms with Crippen LogP contribution in [0.2, 0.25) is 0 Å². The van der Waals surface area contributed by atoms with Gasteiger partial charge in [0.2, 0.25) is 5.91 Å². The molecule has 0 aliphatic carbocycles. The van der Waals surface area contributed by atoms with Crippen LogP contribution in [0.15, 0.2) is 24.3 Å². The van der Waals surface area contributed by atoms with E-state index in [4.69, 9.17) is 0 Å². The minimum absolute atomic E-state index is 0.0124. The summed E-state index contributed by atoms with van der Waals surface area (Å²) in [7, 11) is 0. The molecule has 0 spiro atoms. The van der Waals surface area contributed by atoms with Gasteiger partial charge >= 0.3 is 0 Å². The molecular weight excluding hydrogens is 300 g/mol. The number of Topliss-reactive ketones (excluding diaryl/α,β-unsaturated/α-hetero) is 1. The first-order valence-corrected chi connectivity index (χ1v) is 9.02. The molecule has 0 saturated carbocycles. The number of rotatable bonds is 10. The number of hydrogen-bond acceptors (Lipinski definition) is 3. The molecule has 0 aliphatic heterocycles. The van der Waals surface area contributed by atoms with Crippen molar-refractivity contribution in [2.24, 2.45) is 5.92 Å². The molecule has 0 aliphatic rings. The van der Waals surface area contributed by atoms with E-state index >= 15 is 0 Å².